The highest BCUT2D eigenvalue weighted by atomic mass is 16.3. The van der Waals surface area contributed by atoms with Crippen molar-refractivity contribution in [3.8, 4) is 0 Å². The van der Waals surface area contributed by atoms with E-state index in [2.05, 4.69) is 20.8 Å². The van der Waals surface area contributed by atoms with Gasteiger partial charge in [0.25, 0.3) is 0 Å². The summed E-state index contributed by atoms with van der Waals surface area (Å²) < 4.78 is 0. The van der Waals surface area contributed by atoms with Crippen LogP contribution in [0, 0.1) is 11.8 Å². The highest BCUT2D eigenvalue weighted by Crippen LogP contribution is 2.23. The Morgan fingerprint density at radius 1 is 1.00 bits per heavy atom. The van der Waals surface area contributed by atoms with E-state index in [9.17, 15) is 5.11 Å². The van der Waals surface area contributed by atoms with Gasteiger partial charge in [0, 0.05) is 0 Å². The van der Waals surface area contributed by atoms with Crippen molar-refractivity contribution in [2.45, 2.75) is 65.7 Å². The average molecular weight is 199 g/mol. The average Bonchev–Trinajstić information content (AvgIpc) is 2.21. The largest absolute Gasteiger partial charge is 0.236 e. The van der Waals surface area contributed by atoms with E-state index >= 15 is 0 Å². The van der Waals surface area contributed by atoms with Crippen LogP contribution in [-0.4, -0.2) is 6.61 Å². The molecule has 1 nitrogen and oxygen atoms in total. The van der Waals surface area contributed by atoms with Gasteiger partial charge in [0.1, 0.15) is 0 Å². The topological polar surface area (TPSA) is 19.9 Å². The van der Waals surface area contributed by atoms with Crippen molar-refractivity contribution in [2.24, 2.45) is 11.8 Å². The second kappa shape index (κ2) is 9.51. The molecule has 0 rings (SSSR count). The van der Waals surface area contributed by atoms with Crippen LogP contribution in [0.2, 0.25) is 0 Å². The number of rotatable bonds is 9. The Morgan fingerprint density at radius 2 is 1.50 bits per heavy atom. The minimum absolute atomic E-state index is 0.106. The molecule has 0 aromatic heterocycles. The summed E-state index contributed by atoms with van der Waals surface area (Å²) in [5, 5.41) is 10.7. The third kappa shape index (κ3) is 7.37. The smallest absolute Gasteiger partial charge is 0.0847 e. The van der Waals surface area contributed by atoms with Crippen LogP contribution in [-0.2, 0) is 5.11 Å². The SMILES string of the molecule is CCCCC(CCCC)CC(C)C[O]. The first-order valence-electron chi connectivity index (χ1n) is 6.32. The fraction of sp³-hybridized carbons (Fsp3) is 1.00. The lowest BCUT2D eigenvalue weighted by Crippen LogP contribution is -2.09. The summed E-state index contributed by atoms with van der Waals surface area (Å²) in [5.41, 5.74) is 0. The van der Waals surface area contributed by atoms with E-state index < -0.39 is 0 Å². The Bertz CT molecular complexity index is 104. The summed E-state index contributed by atoms with van der Waals surface area (Å²) in [7, 11) is 0. The van der Waals surface area contributed by atoms with Gasteiger partial charge >= 0.3 is 0 Å². The third-order valence-electron chi connectivity index (χ3n) is 2.95. The van der Waals surface area contributed by atoms with Crippen LogP contribution >= 0.6 is 0 Å². The van der Waals surface area contributed by atoms with E-state index in [4.69, 9.17) is 0 Å². The summed E-state index contributed by atoms with van der Waals surface area (Å²) >= 11 is 0. The molecule has 0 aliphatic heterocycles. The van der Waals surface area contributed by atoms with Gasteiger partial charge in [-0.3, -0.25) is 0 Å². The van der Waals surface area contributed by atoms with Gasteiger partial charge in [-0.2, -0.15) is 0 Å². The predicted octanol–water partition coefficient (Wildman–Crippen LogP) is 4.44. The second-order valence-corrected chi connectivity index (χ2v) is 4.66. The number of hydrogen-bond acceptors (Lipinski definition) is 0. The zero-order valence-corrected chi connectivity index (χ0v) is 10.2. The second-order valence-electron chi connectivity index (χ2n) is 4.66. The summed E-state index contributed by atoms with van der Waals surface area (Å²) in [6.45, 7) is 6.69. The Kier molecular flexibility index (Phi) is 9.49. The van der Waals surface area contributed by atoms with Gasteiger partial charge < -0.3 is 0 Å². The van der Waals surface area contributed by atoms with Gasteiger partial charge in [0.05, 0.1) is 6.61 Å². The quantitative estimate of drug-likeness (QED) is 0.523. The summed E-state index contributed by atoms with van der Waals surface area (Å²) in [6, 6.07) is 0. The molecular formula is C13H27O. The molecule has 14 heavy (non-hydrogen) atoms. The van der Waals surface area contributed by atoms with E-state index in [0.29, 0.717) is 5.92 Å². The van der Waals surface area contributed by atoms with E-state index in [1.807, 2.05) is 0 Å². The molecule has 1 radical (unpaired) electrons. The molecule has 0 aromatic carbocycles. The standard InChI is InChI=1S/C13H27O/c1-4-6-8-13(9-7-5-2)10-12(3)11-14/h12-13H,4-11H2,1-3H3. The lowest BCUT2D eigenvalue weighted by molar-refractivity contribution is 0.134. The van der Waals surface area contributed by atoms with Gasteiger partial charge in [0.15, 0.2) is 0 Å². The Hall–Kier alpha value is -0.0400. The van der Waals surface area contributed by atoms with Gasteiger partial charge in [-0.1, -0.05) is 59.3 Å². The third-order valence-corrected chi connectivity index (χ3v) is 2.95. The molecule has 0 saturated carbocycles. The molecule has 0 fully saturated rings. The van der Waals surface area contributed by atoms with Crippen LogP contribution in [0.25, 0.3) is 0 Å². The van der Waals surface area contributed by atoms with E-state index in [0.717, 1.165) is 12.3 Å². The van der Waals surface area contributed by atoms with E-state index in [1.54, 1.807) is 0 Å². The summed E-state index contributed by atoms with van der Waals surface area (Å²) in [4.78, 5) is 0. The zero-order valence-electron chi connectivity index (χ0n) is 10.2. The van der Waals surface area contributed by atoms with Crippen molar-refractivity contribution < 1.29 is 5.11 Å². The first-order valence-corrected chi connectivity index (χ1v) is 6.32. The van der Waals surface area contributed by atoms with Crippen LogP contribution in [0.5, 0.6) is 0 Å². The van der Waals surface area contributed by atoms with Crippen LogP contribution in [0.15, 0.2) is 0 Å². The molecule has 0 aliphatic carbocycles. The van der Waals surface area contributed by atoms with Crippen molar-refractivity contribution >= 4 is 0 Å². The van der Waals surface area contributed by atoms with Crippen LogP contribution in [0.1, 0.15) is 65.7 Å². The maximum absolute atomic E-state index is 10.7. The van der Waals surface area contributed by atoms with E-state index in [-0.39, 0.29) is 6.61 Å². The summed E-state index contributed by atoms with van der Waals surface area (Å²) in [5.74, 6) is 1.20. The predicted molar refractivity (Wildman–Crippen MR) is 61.9 cm³/mol. The fourth-order valence-electron chi connectivity index (χ4n) is 2.00. The van der Waals surface area contributed by atoms with Gasteiger partial charge in [-0.15, -0.1) is 0 Å². The molecule has 0 heterocycles. The Balaban J connectivity index is 3.71. The Morgan fingerprint density at radius 3 is 1.86 bits per heavy atom. The lowest BCUT2D eigenvalue weighted by Gasteiger charge is -2.19. The molecule has 0 N–H and O–H groups in total. The first kappa shape index (κ1) is 14.0. The van der Waals surface area contributed by atoms with Crippen molar-refractivity contribution in [3.63, 3.8) is 0 Å². The van der Waals surface area contributed by atoms with Crippen LogP contribution in [0.4, 0.5) is 0 Å². The molecule has 0 aliphatic rings. The lowest BCUT2D eigenvalue weighted by atomic mass is 9.88. The minimum atomic E-state index is 0.106. The molecule has 85 valence electrons. The fourth-order valence-corrected chi connectivity index (χ4v) is 2.00. The van der Waals surface area contributed by atoms with Crippen LogP contribution < -0.4 is 0 Å². The zero-order chi connectivity index (χ0) is 10.8. The molecule has 1 atom stereocenters. The molecular weight excluding hydrogens is 172 g/mol. The van der Waals surface area contributed by atoms with Gasteiger partial charge in [-0.25, -0.2) is 5.11 Å². The van der Waals surface area contributed by atoms with Crippen LogP contribution in [0.3, 0.4) is 0 Å². The highest BCUT2D eigenvalue weighted by molar-refractivity contribution is 4.63. The molecule has 0 spiro atoms. The number of unbranched alkanes of at least 4 members (excludes halogenated alkanes) is 2. The van der Waals surface area contributed by atoms with Crippen molar-refractivity contribution in [3.05, 3.63) is 0 Å². The molecule has 0 aromatic rings. The monoisotopic (exact) mass is 199 g/mol. The van der Waals surface area contributed by atoms with Gasteiger partial charge in [-0.05, 0) is 18.3 Å². The molecule has 0 amide bonds. The Labute approximate surface area is 89.9 Å². The molecule has 1 heteroatoms. The maximum atomic E-state index is 10.7. The van der Waals surface area contributed by atoms with E-state index in [1.165, 1.54) is 38.5 Å². The van der Waals surface area contributed by atoms with Crippen molar-refractivity contribution in [2.75, 3.05) is 6.61 Å². The summed E-state index contributed by atoms with van der Waals surface area (Å²) in [6.07, 6.45) is 9.06. The molecule has 0 bridgehead atoms. The molecule has 0 saturated heterocycles. The molecule has 1 unspecified atom stereocenters. The maximum Gasteiger partial charge on any atom is 0.0847 e. The van der Waals surface area contributed by atoms with Gasteiger partial charge in [0.2, 0.25) is 0 Å². The highest BCUT2D eigenvalue weighted by Gasteiger charge is 2.12. The van der Waals surface area contributed by atoms with Crippen molar-refractivity contribution in [1.82, 2.24) is 0 Å². The van der Waals surface area contributed by atoms with Crippen molar-refractivity contribution in [1.29, 1.82) is 0 Å². The first-order chi connectivity index (χ1) is 6.74. The number of hydrogen-bond donors (Lipinski definition) is 0. The minimum Gasteiger partial charge on any atom is -0.236 e. The normalized spacial score (nSPS) is 13.5.